The minimum Gasteiger partial charge on any atom is -0.507 e. The molecule has 6 nitrogen and oxygen atoms in total. The first-order valence-electron chi connectivity index (χ1n) is 6.09. The molecule has 1 aromatic rings. The highest BCUT2D eigenvalue weighted by Gasteiger charge is 2.09. The number of hydrogen-bond donors (Lipinski definition) is 4. The largest absolute Gasteiger partial charge is 0.507 e. The van der Waals surface area contributed by atoms with Crippen LogP contribution in [0.1, 0.15) is 35.2 Å². The lowest BCUT2D eigenvalue weighted by atomic mass is 10.1. The summed E-state index contributed by atoms with van der Waals surface area (Å²) in [5.41, 5.74) is 6.48. The quantitative estimate of drug-likeness (QED) is 0.205. The highest BCUT2D eigenvalue weighted by atomic mass is 16.4. The van der Waals surface area contributed by atoms with Gasteiger partial charge in [0.05, 0.1) is 5.56 Å². The van der Waals surface area contributed by atoms with Gasteiger partial charge in [0.15, 0.2) is 0 Å². The molecule has 1 rings (SSSR count). The number of nitrogens with zero attached hydrogens (tertiary/aromatic N) is 1. The fourth-order valence-electron chi connectivity index (χ4n) is 1.61. The second-order valence-electron chi connectivity index (χ2n) is 4.32. The van der Waals surface area contributed by atoms with Gasteiger partial charge in [0.2, 0.25) is 0 Å². The predicted octanol–water partition coefficient (Wildman–Crippen LogP) is 1.35. The minimum atomic E-state index is -0.304. The minimum absolute atomic E-state index is 0.0193. The molecule has 0 radical (unpaired) electrons. The molecule has 5 N–H and O–H groups in total. The van der Waals surface area contributed by atoms with Crippen molar-refractivity contribution in [3.05, 3.63) is 29.3 Å². The van der Waals surface area contributed by atoms with Crippen molar-refractivity contribution >= 4 is 11.7 Å². The second kappa shape index (κ2) is 7.25. The number of carbonyl (C=O) groups excluding carboxylic acids is 1. The van der Waals surface area contributed by atoms with Gasteiger partial charge in [-0.05, 0) is 37.5 Å². The van der Waals surface area contributed by atoms with Crippen molar-refractivity contribution in [2.75, 3.05) is 6.54 Å². The van der Waals surface area contributed by atoms with Gasteiger partial charge < -0.3 is 21.4 Å². The summed E-state index contributed by atoms with van der Waals surface area (Å²) in [4.78, 5) is 11.8. The van der Waals surface area contributed by atoms with E-state index in [2.05, 4.69) is 10.5 Å². The Morgan fingerprint density at radius 3 is 2.79 bits per heavy atom. The molecule has 0 aromatic heterocycles. The highest BCUT2D eigenvalue weighted by molar-refractivity contribution is 5.96. The number of phenols is 1. The number of rotatable bonds is 6. The summed E-state index contributed by atoms with van der Waals surface area (Å²) in [5.74, 6) is -0.141. The number of aromatic hydroxyl groups is 1. The molecular formula is C13H19N3O3. The Hall–Kier alpha value is -2.24. The van der Waals surface area contributed by atoms with E-state index in [1.807, 2.05) is 6.92 Å². The number of benzene rings is 1. The molecule has 0 aliphatic carbocycles. The Labute approximate surface area is 111 Å². The number of phenolic OH excluding ortho intramolecular Hbond substituents is 1. The van der Waals surface area contributed by atoms with Gasteiger partial charge in [0, 0.05) is 13.0 Å². The third-order valence-electron chi connectivity index (χ3n) is 2.67. The van der Waals surface area contributed by atoms with Crippen LogP contribution in [0.5, 0.6) is 5.75 Å². The maximum Gasteiger partial charge on any atom is 0.255 e. The SMILES string of the molecule is Cc1ccc(C(=O)NCCCCC(N)=NO)c(O)c1. The molecule has 0 atom stereocenters. The summed E-state index contributed by atoms with van der Waals surface area (Å²) >= 11 is 0. The van der Waals surface area contributed by atoms with Crippen LogP contribution >= 0.6 is 0 Å². The third-order valence-corrected chi connectivity index (χ3v) is 2.67. The van der Waals surface area contributed by atoms with E-state index in [0.717, 1.165) is 12.0 Å². The number of unbranched alkanes of at least 4 members (excludes halogenated alkanes) is 1. The maximum absolute atomic E-state index is 11.8. The maximum atomic E-state index is 11.8. The van der Waals surface area contributed by atoms with E-state index < -0.39 is 0 Å². The fourth-order valence-corrected chi connectivity index (χ4v) is 1.61. The standard InChI is InChI=1S/C13H19N3O3/c1-9-5-6-10(11(17)8-9)13(18)15-7-3-2-4-12(14)16-19/h5-6,8,17,19H,2-4,7H2,1H3,(H2,14,16)(H,15,18). The van der Waals surface area contributed by atoms with Gasteiger partial charge in [-0.25, -0.2) is 0 Å². The van der Waals surface area contributed by atoms with Gasteiger partial charge in [-0.3, -0.25) is 4.79 Å². The molecule has 0 saturated carbocycles. The molecule has 0 aliphatic heterocycles. The number of nitrogens with two attached hydrogens (primary N) is 1. The third kappa shape index (κ3) is 4.87. The van der Waals surface area contributed by atoms with E-state index in [4.69, 9.17) is 10.9 Å². The topological polar surface area (TPSA) is 108 Å². The number of oxime groups is 1. The molecule has 1 amide bonds. The number of nitrogens with one attached hydrogen (secondary N) is 1. The van der Waals surface area contributed by atoms with Crippen LogP contribution in [0.15, 0.2) is 23.4 Å². The lowest BCUT2D eigenvalue weighted by Gasteiger charge is -2.07. The average Bonchev–Trinajstić information content (AvgIpc) is 2.37. The van der Waals surface area contributed by atoms with Gasteiger partial charge in [-0.1, -0.05) is 11.2 Å². The summed E-state index contributed by atoms with van der Waals surface area (Å²) in [7, 11) is 0. The zero-order valence-electron chi connectivity index (χ0n) is 10.9. The van der Waals surface area contributed by atoms with E-state index in [-0.39, 0.29) is 23.1 Å². The highest BCUT2D eigenvalue weighted by Crippen LogP contribution is 2.18. The first-order chi connectivity index (χ1) is 9.04. The summed E-state index contributed by atoms with van der Waals surface area (Å²) in [5, 5.41) is 23.6. The summed E-state index contributed by atoms with van der Waals surface area (Å²) in [6, 6.07) is 4.91. The Bertz CT molecular complexity index is 472. The second-order valence-corrected chi connectivity index (χ2v) is 4.32. The Balaban J connectivity index is 2.35. The van der Waals surface area contributed by atoms with Crippen LogP contribution in [0.3, 0.4) is 0 Å². The molecule has 1 aromatic carbocycles. The monoisotopic (exact) mass is 265 g/mol. The van der Waals surface area contributed by atoms with Crippen LogP contribution in [0.2, 0.25) is 0 Å². The molecule has 0 spiro atoms. The molecular weight excluding hydrogens is 246 g/mol. The molecule has 0 heterocycles. The lowest BCUT2D eigenvalue weighted by molar-refractivity contribution is 0.0950. The van der Waals surface area contributed by atoms with Crippen molar-refractivity contribution in [1.82, 2.24) is 5.32 Å². The van der Waals surface area contributed by atoms with E-state index >= 15 is 0 Å². The van der Waals surface area contributed by atoms with Crippen LogP contribution in [-0.4, -0.2) is 28.6 Å². The number of hydrogen-bond acceptors (Lipinski definition) is 4. The summed E-state index contributed by atoms with van der Waals surface area (Å²) in [6.45, 7) is 2.32. The summed E-state index contributed by atoms with van der Waals surface area (Å²) in [6.07, 6.45) is 1.92. The van der Waals surface area contributed by atoms with Crippen LogP contribution in [-0.2, 0) is 0 Å². The van der Waals surface area contributed by atoms with E-state index in [9.17, 15) is 9.90 Å². The van der Waals surface area contributed by atoms with Gasteiger partial charge in [0.25, 0.3) is 5.91 Å². The van der Waals surface area contributed by atoms with Crippen molar-refractivity contribution in [1.29, 1.82) is 0 Å². The Kier molecular flexibility index (Phi) is 5.66. The van der Waals surface area contributed by atoms with Gasteiger partial charge in [-0.15, -0.1) is 0 Å². The number of amides is 1. The zero-order valence-corrected chi connectivity index (χ0v) is 10.9. The van der Waals surface area contributed by atoms with E-state index in [0.29, 0.717) is 19.4 Å². The van der Waals surface area contributed by atoms with Crippen LogP contribution in [0.25, 0.3) is 0 Å². The predicted molar refractivity (Wildman–Crippen MR) is 72.4 cm³/mol. The molecule has 6 heteroatoms. The molecule has 0 fully saturated rings. The first-order valence-corrected chi connectivity index (χ1v) is 6.09. The average molecular weight is 265 g/mol. The van der Waals surface area contributed by atoms with Gasteiger partial charge in [-0.2, -0.15) is 0 Å². The number of amidine groups is 1. The van der Waals surface area contributed by atoms with Crippen LogP contribution in [0, 0.1) is 6.92 Å². The van der Waals surface area contributed by atoms with Crippen molar-refractivity contribution in [3.8, 4) is 5.75 Å². The number of carbonyl (C=O) groups is 1. The normalized spacial score (nSPS) is 11.3. The van der Waals surface area contributed by atoms with E-state index in [1.165, 1.54) is 0 Å². The smallest absolute Gasteiger partial charge is 0.255 e. The van der Waals surface area contributed by atoms with Crippen LogP contribution < -0.4 is 11.1 Å². The van der Waals surface area contributed by atoms with Crippen molar-refractivity contribution in [3.63, 3.8) is 0 Å². The molecule has 0 bridgehead atoms. The van der Waals surface area contributed by atoms with Crippen molar-refractivity contribution in [2.24, 2.45) is 10.9 Å². The Morgan fingerprint density at radius 1 is 1.42 bits per heavy atom. The molecule has 0 unspecified atom stereocenters. The molecule has 19 heavy (non-hydrogen) atoms. The first kappa shape index (κ1) is 14.8. The molecule has 0 aliphatic rings. The molecule has 104 valence electrons. The van der Waals surface area contributed by atoms with Crippen molar-refractivity contribution in [2.45, 2.75) is 26.2 Å². The molecule has 0 saturated heterocycles. The Morgan fingerprint density at radius 2 is 2.16 bits per heavy atom. The lowest BCUT2D eigenvalue weighted by Crippen LogP contribution is -2.24. The van der Waals surface area contributed by atoms with Crippen LogP contribution in [0.4, 0.5) is 0 Å². The summed E-state index contributed by atoms with van der Waals surface area (Å²) < 4.78 is 0. The van der Waals surface area contributed by atoms with Gasteiger partial charge >= 0.3 is 0 Å². The zero-order chi connectivity index (χ0) is 14.3. The number of aryl methyl sites for hydroxylation is 1. The van der Waals surface area contributed by atoms with Gasteiger partial charge in [0.1, 0.15) is 11.6 Å². The van der Waals surface area contributed by atoms with E-state index in [1.54, 1.807) is 18.2 Å². The fraction of sp³-hybridized carbons (Fsp3) is 0.385. The van der Waals surface area contributed by atoms with Crippen molar-refractivity contribution < 1.29 is 15.1 Å².